The van der Waals surface area contributed by atoms with Gasteiger partial charge in [0.25, 0.3) is 11.8 Å². The van der Waals surface area contributed by atoms with Crippen LogP contribution in [0.2, 0.25) is 0 Å². The molecule has 3 heterocycles. The van der Waals surface area contributed by atoms with Crippen LogP contribution in [0, 0.1) is 0 Å². The molecule has 2 aliphatic rings. The SMILES string of the molecule is CCc1noc(NC(=O)NCCCc2ccc3c(c2)C(=O)N(C2CCC(=O)NC2=O)C3=O)n1. The van der Waals surface area contributed by atoms with Crippen LogP contribution in [0.3, 0.4) is 0 Å². The lowest BCUT2D eigenvalue weighted by Crippen LogP contribution is -2.54. The second kappa shape index (κ2) is 9.18. The second-order valence-electron chi connectivity index (χ2n) is 7.68. The molecule has 12 nitrogen and oxygen atoms in total. The number of imide groups is 2. The first-order valence-corrected chi connectivity index (χ1v) is 10.6. The van der Waals surface area contributed by atoms with Crippen molar-refractivity contribution in [2.75, 3.05) is 11.9 Å². The van der Waals surface area contributed by atoms with Crippen molar-refractivity contribution in [3.63, 3.8) is 0 Å². The van der Waals surface area contributed by atoms with Crippen molar-refractivity contribution < 1.29 is 28.5 Å². The third kappa shape index (κ3) is 4.59. The zero-order valence-electron chi connectivity index (χ0n) is 17.8. The minimum absolute atomic E-state index is 0.0201. The van der Waals surface area contributed by atoms with Gasteiger partial charge in [0.05, 0.1) is 11.1 Å². The van der Waals surface area contributed by atoms with Gasteiger partial charge in [-0.1, -0.05) is 18.1 Å². The van der Waals surface area contributed by atoms with E-state index in [9.17, 15) is 24.0 Å². The molecule has 1 aromatic carbocycles. The molecule has 0 spiro atoms. The van der Waals surface area contributed by atoms with Gasteiger partial charge >= 0.3 is 12.0 Å². The number of urea groups is 1. The van der Waals surface area contributed by atoms with Crippen molar-refractivity contribution in [1.82, 2.24) is 25.7 Å². The number of carbonyl (C=O) groups is 5. The summed E-state index contributed by atoms with van der Waals surface area (Å²) in [6.07, 6.45) is 1.90. The number of carbonyl (C=O) groups excluding carboxylic acids is 5. The van der Waals surface area contributed by atoms with Crippen LogP contribution in [0.4, 0.5) is 10.8 Å². The molecule has 6 amide bonds. The Morgan fingerprint density at radius 3 is 2.73 bits per heavy atom. The highest BCUT2D eigenvalue weighted by atomic mass is 16.5. The zero-order chi connectivity index (χ0) is 23.5. The van der Waals surface area contributed by atoms with Gasteiger partial charge in [0.1, 0.15) is 6.04 Å². The lowest BCUT2D eigenvalue weighted by Gasteiger charge is -2.27. The molecule has 2 aromatic rings. The van der Waals surface area contributed by atoms with Crippen molar-refractivity contribution in [2.45, 2.75) is 45.1 Å². The number of nitrogens with zero attached hydrogens (tertiary/aromatic N) is 3. The fraction of sp³-hybridized carbons (Fsp3) is 0.381. The molecule has 1 saturated heterocycles. The molecule has 0 aliphatic carbocycles. The third-order valence-electron chi connectivity index (χ3n) is 5.44. The van der Waals surface area contributed by atoms with Crippen LogP contribution in [-0.4, -0.2) is 57.3 Å². The number of nitrogens with one attached hydrogen (secondary N) is 3. The van der Waals surface area contributed by atoms with Crippen LogP contribution in [-0.2, 0) is 22.4 Å². The highest BCUT2D eigenvalue weighted by Gasteiger charge is 2.44. The van der Waals surface area contributed by atoms with Crippen LogP contribution in [0.5, 0.6) is 0 Å². The Morgan fingerprint density at radius 1 is 1.21 bits per heavy atom. The average molecular weight is 454 g/mol. The fourth-order valence-corrected chi connectivity index (χ4v) is 3.76. The molecular weight excluding hydrogens is 432 g/mol. The van der Waals surface area contributed by atoms with Crippen molar-refractivity contribution >= 4 is 35.7 Å². The van der Waals surface area contributed by atoms with E-state index in [0.29, 0.717) is 31.6 Å². The summed E-state index contributed by atoms with van der Waals surface area (Å²) < 4.78 is 4.89. The van der Waals surface area contributed by atoms with E-state index < -0.39 is 35.7 Å². The number of aromatic nitrogens is 2. The minimum Gasteiger partial charge on any atom is -0.338 e. The molecule has 0 bridgehead atoms. The lowest BCUT2D eigenvalue weighted by molar-refractivity contribution is -0.136. The molecule has 1 atom stereocenters. The summed E-state index contributed by atoms with van der Waals surface area (Å²) in [6.45, 7) is 2.22. The number of benzene rings is 1. The van der Waals surface area contributed by atoms with Crippen LogP contribution in [0.15, 0.2) is 22.7 Å². The van der Waals surface area contributed by atoms with Gasteiger partial charge in [-0.05, 0) is 37.0 Å². The molecule has 3 N–H and O–H groups in total. The van der Waals surface area contributed by atoms with Gasteiger partial charge in [0.2, 0.25) is 11.8 Å². The van der Waals surface area contributed by atoms with E-state index in [2.05, 4.69) is 26.1 Å². The first kappa shape index (κ1) is 22.1. The number of anilines is 1. The Labute approximate surface area is 188 Å². The predicted molar refractivity (Wildman–Crippen MR) is 112 cm³/mol. The largest absolute Gasteiger partial charge is 0.338 e. The summed E-state index contributed by atoms with van der Waals surface area (Å²) in [5, 5.41) is 11.0. The van der Waals surface area contributed by atoms with Crippen molar-refractivity contribution in [2.24, 2.45) is 0 Å². The zero-order valence-corrected chi connectivity index (χ0v) is 17.8. The first-order valence-electron chi connectivity index (χ1n) is 10.6. The summed E-state index contributed by atoms with van der Waals surface area (Å²) in [6, 6.07) is 3.49. The number of rotatable bonds is 7. The van der Waals surface area contributed by atoms with Gasteiger partial charge in [0, 0.05) is 19.4 Å². The summed E-state index contributed by atoms with van der Waals surface area (Å²) in [5.41, 5.74) is 1.28. The smallest absolute Gasteiger partial charge is 0.329 e. The monoisotopic (exact) mass is 454 g/mol. The second-order valence-corrected chi connectivity index (χ2v) is 7.68. The molecule has 0 radical (unpaired) electrons. The van der Waals surface area contributed by atoms with E-state index in [1.807, 2.05) is 6.92 Å². The van der Waals surface area contributed by atoms with E-state index >= 15 is 0 Å². The van der Waals surface area contributed by atoms with E-state index in [-0.39, 0.29) is 30.0 Å². The van der Waals surface area contributed by atoms with E-state index in [1.165, 1.54) is 0 Å². The number of fused-ring (bicyclic) bond motifs is 1. The normalized spacial score (nSPS) is 17.7. The fourth-order valence-electron chi connectivity index (χ4n) is 3.76. The Hall–Kier alpha value is -4.09. The van der Waals surface area contributed by atoms with Gasteiger partial charge in [-0.3, -0.25) is 34.7 Å². The Kier molecular flexibility index (Phi) is 6.16. The van der Waals surface area contributed by atoms with Crippen LogP contribution >= 0.6 is 0 Å². The van der Waals surface area contributed by atoms with Gasteiger partial charge in [-0.2, -0.15) is 4.98 Å². The highest BCUT2D eigenvalue weighted by Crippen LogP contribution is 2.28. The highest BCUT2D eigenvalue weighted by molar-refractivity contribution is 6.23. The number of amides is 6. The standard InChI is InChI=1S/C21H22N6O6/c1-2-15-23-21(33-26-15)25-20(32)22-9-3-4-11-5-6-12-13(10-11)19(31)27(18(12)30)14-7-8-16(28)24-17(14)29/h5-6,10,14H,2-4,7-9H2,1H3,(H,24,28,29)(H2,22,23,25,26,32). The van der Waals surface area contributed by atoms with Crippen molar-refractivity contribution in [1.29, 1.82) is 0 Å². The number of aryl methyl sites for hydroxylation is 2. The summed E-state index contributed by atoms with van der Waals surface area (Å²) in [4.78, 5) is 65.9. The molecule has 33 heavy (non-hydrogen) atoms. The number of hydrogen-bond acceptors (Lipinski definition) is 8. The summed E-state index contributed by atoms with van der Waals surface area (Å²) in [7, 11) is 0. The number of piperidine rings is 1. The first-order chi connectivity index (χ1) is 15.9. The maximum absolute atomic E-state index is 12.9. The van der Waals surface area contributed by atoms with Crippen LogP contribution < -0.4 is 16.0 Å². The van der Waals surface area contributed by atoms with Crippen LogP contribution in [0.25, 0.3) is 0 Å². The minimum atomic E-state index is -0.992. The summed E-state index contributed by atoms with van der Waals surface area (Å²) in [5.74, 6) is -1.65. The topological polar surface area (TPSA) is 164 Å². The Bertz CT molecular complexity index is 1140. The molecule has 2 aliphatic heterocycles. The summed E-state index contributed by atoms with van der Waals surface area (Å²) >= 11 is 0. The molecule has 4 rings (SSSR count). The number of hydrogen-bond donors (Lipinski definition) is 3. The van der Waals surface area contributed by atoms with Gasteiger partial charge in [0.15, 0.2) is 5.82 Å². The molecule has 172 valence electrons. The average Bonchev–Trinajstić information content (AvgIpc) is 3.34. The maximum atomic E-state index is 12.9. The van der Waals surface area contributed by atoms with Crippen molar-refractivity contribution in [3.8, 4) is 0 Å². The Morgan fingerprint density at radius 2 is 2.00 bits per heavy atom. The van der Waals surface area contributed by atoms with Gasteiger partial charge < -0.3 is 9.84 Å². The Balaban J connectivity index is 1.31. The molecular formula is C21H22N6O6. The van der Waals surface area contributed by atoms with Crippen molar-refractivity contribution in [3.05, 3.63) is 40.7 Å². The molecule has 1 unspecified atom stereocenters. The van der Waals surface area contributed by atoms with E-state index in [4.69, 9.17) is 4.52 Å². The van der Waals surface area contributed by atoms with Crippen LogP contribution in [0.1, 0.15) is 58.3 Å². The molecule has 1 aromatic heterocycles. The van der Waals surface area contributed by atoms with E-state index in [0.717, 1.165) is 10.5 Å². The van der Waals surface area contributed by atoms with Gasteiger partial charge in [-0.25, -0.2) is 4.79 Å². The maximum Gasteiger partial charge on any atom is 0.329 e. The third-order valence-corrected chi connectivity index (χ3v) is 5.44. The lowest BCUT2D eigenvalue weighted by atomic mass is 10.0. The molecule has 12 heteroatoms. The van der Waals surface area contributed by atoms with Gasteiger partial charge in [-0.15, -0.1) is 0 Å². The predicted octanol–water partition coefficient (Wildman–Crippen LogP) is 0.788. The molecule has 1 fully saturated rings. The molecule has 0 saturated carbocycles. The van der Waals surface area contributed by atoms with E-state index in [1.54, 1.807) is 18.2 Å². The quantitative estimate of drug-likeness (QED) is 0.408.